The standard InChI is InChI=1S/C82H64N8/c1-5-53-23-43-73-67(49-53)68-50-54(6-2)24-44-74(68)89(73)65-39-35-63(36-40-65)87(77-21-11-15-57-17-13-47-83-79(57)77)61-31-27-59(28-32-61)81-82(86-72-20-10-9-19-71(72)85-81)60-29-33-62(34-30-60)88(78-22-12-16-58-18-14-48-84-80(58)78)64-37-41-66(42-38-64)90-75-45-25-55(7-3)51-69(75)70-52-56(8-4)26-46-76(70)90/h9-52H,5-8H2,1-4H3. The second kappa shape index (κ2) is 22.5. The van der Waals surface area contributed by atoms with Gasteiger partial charge in [-0.05, 0) is 206 Å². The lowest BCUT2D eigenvalue weighted by molar-refractivity contribution is 1.13. The fourth-order valence-corrected chi connectivity index (χ4v) is 13.5. The number of aryl methyl sites for hydroxylation is 4. The van der Waals surface area contributed by atoms with Crippen LogP contribution in [0.5, 0.6) is 0 Å². The first-order chi connectivity index (χ1) is 44.4. The Bertz CT molecular complexity index is 4940. The number of anilines is 6. The summed E-state index contributed by atoms with van der Waals surface area (Å²) in [6.45, 7) is 8.91. The van der Waals surface area contributed by atoms with Gasteiger partial charge in [-0.25, -0.2) is 9.97 Å². The van der Waals surface area contributed by atoms with Gasteiger partial charge in [0.05, 0.1) is 66.9 Å². The van der Waals surface area contributed by atoms with Gasteiger partial charge in [0, 0.05) is 90.0 Å². The summed E-state index contributed by atoms with van der Waals surface area (Å²) in [6, 6.07) is 92.5. The molecule has 8 nitrogen and oxygen atoms in total. The lowest BCUT2D eigenvalue weighted by Crippen LogP contribution is -2.11. The van der Waals surface area contributed by atoms with E-state index in [0.29, 0.717) is 0 Å². The minimum atomic E-state index is 0.798. The number of nitrogens with zero attached hydrogens (tertiary/aromatic N) is 8. The van der Waals surface area contributed by atoms with Crippen molar-refractivity contribution in [1.82, 2.24) is 29.1 Å². The zero-order valence-electron chi connectivity index (χ0n) is 50.8. The van der Waals surface area contributed by atoms with Crippen molar-refractivity contribution >= 4 is 111 Å². The molecular weight excluding hydrogens is 1100 g/mol. The van der Waals surface area contributed by atoms with E-state index in [1.54, 1.807) is 0 Å². The van der Waals surface area contributed by atoms with Gasteiger partial charge in [0.15, 0.2) is 0 Å². The number of hydrogen-bond acceptors (Lipinski definition) is 6. The first kappa shape index (κ1) is 54.2. The molecule has 0 saturated carbocycles. The molecule has 0 aliphatic heterocycles. The molecule has 0 unspecified atom stereocenters. The van der Waals surface area contributed by atoms with E-state index >= 15 is 0 Å². The molecule has 0 radical (unpaired) electrons. The van der Waals surface area contributed by atoms with Crippen LogP contribution in [-0.4, -0.2) is 29.1 Å². The zero-order valence-corrected chi connectivity index (χ0v) is 50.8. The molecule has 90 heavy (non-hydrogen) atoms. The van der Waals surface area contributed by atoms with Gasteiger partial charge in [0.1, 0.15) is 0 Å². The van der Waals surface area contributed by atoms with Crippen LogP contribution in [0.2, 0.25) is 0 Å². The van der Waals surface area contributed by atoms with E-state index in [0.717, 1.165) is 127 Å². The fraction of sp³-hybridized carbons (Fsp3) is 0.0976. The highest BCUT2D eigenvalue weighted by Crippen LogP contribution is 2.44. The summed E-state index contributed by atoms with van der Waals surface area (Å²) in [4.78, 5) is 25.4. The number of hydrogen-bond donors (Lipinski definition) is 0. The molecule has 432 valence electrons. The SMILES string of the molecule is CCc1ccc2c(c1)c1cc(CC)ccc1n2-c1ccc(N(c2ccc(-c3nc4ccccc4nc3-c3ccc(N(c4ccc(-n5c6ccc(CC)cc6c6cc(CC)ccc65)cc4)c4cccc5cccnc45)cc3)cc2)c2cccc3cccnc23)cc1. The van der Waals surface area contributed by atoms with Gasteiger partial charge >= 0.3 is 0 Å². The van der Waals surface area contributed by atoms with Crippen molar-refractivity contribution in [2.24, 2.45) is 0 Å². The number of fused-ring (bicyclic) bond motifs is 9. The molecule has 16 rings (SSSR count). The number of rotatable bonds is 14. The Balaban J connectivity index is 0.780. The molecule has 16 aromatic rings. The van der Waals surface area contributed by atoms with Crippen LogP contribution in [0.3, 0.4) is 0 Å². The summed E-state index contributed by atoms with van der Waals surface area (Å²) in [5, 5.41) is 7.28. The number of para-hydroxylation sites is 4. The van der Waals surface area contributed by atoms with Crippen molar-refractivity contribution in [3.63, 3.8) is 0 Å². The summed E-state index contributed by atoms with van der Waals surface area (Å²) >= 11 is 0. The zero-order chi connectivity index (χ0) is 60.4. The fourth-order valence-electron chi connectivity index (χ4n) is 13.5. The monoisotopic (exact) mass is 1160 g/mol. The van der Waals surface area contributed by atoms with Crippen molar-refractivity contribution in [2.75, 3.05) is 9.80 Å². The van der Waals surface area contributed by atoms with E-state index in [-0.39, 0.29) is 0 Å². The summed E-state index contributed by atoms with van der Waals surface area (Å²) in [6.07, 6.45) is 7.72. The molecule has 0 amide bonds. The van der Waals surface area contributed by atoms with Gasteiger partial charge < -0.3 is 18.9 Å². The topological polar surface area (TPSA) is 67.9 Å². The van der Waals surface area contributed by atoms with E-state index in [1.165, 1.54) is 65.9 Å². The lowest BCUT2D eigenvalue weighted by atomic mass is 10.0. The van der Waals surface area contributed by atoms with Crippen LogP contribution >= 0.6 is 0 Å². The molecule has 11 aromatic carbocycles. The van der Waals surface area contributed by atoms with Crippen LogP contribution in [-0.2, 0) is 25.7 Å². The van der Waals surface area contributed by atoms with Gasteiger partial charge in [0.25, 0.3) is 0 Å². The van der Waals surface area contributed by atoms with Crippen molar-refractivity contribution in [3.8, 4) is 33.9 Å². The highest BCUT2D eigenvalue weighted by molar-refractivity contribution is 6.11. The average Bonchev–Trinajstić information content (AvgIpc) is 1.54. The maximum Gasteiger partial charge on any atom is 0.0973 e. The van der Waals surface area contributed by atoms with Gasteiger partial charge in [0.2, 0.25) is 0 Å². The molecule has 5 aromatic heterocycles. The smallest absolute Gasteiger partial charge is 0.0973 e. The molecule has 0 bridgehead atoms. The highest BCUT2D eigenvalue weighted by atomic mass is 15.2. The Kier molecular flexibility index (Phi) is 13.5. The predicted molar refractivity (Wildman–Crippen MR) is 377 cm³/mol. The third-order valence-corrected chi connectivity index (χ3v) is 18.2. The van der Waals surface area contributed by atoms with Crippen molar-refractivity contribution < 1.29 is 0 Å². The average molecular weight is 1160 g/mol. The second-order valence-electron chi connectivity index (χ2n) is 23.4. The Morgan fingerprint density at radius 3 is 0.967 bits per heavy atom. The molecular formula is C82H64N8. The van der Waals surface area contributed by atoms with Crippen LogP contribution < -0.4 is 9.80 Å². The lowest BCUT2D eigenvalue weighted by Gasteiger charge is -2.27. The van der Waals surface area contributed by atoms with Crippen LogP contribution in [0, 0.1) is 0 Å². The predicted octanol–water partition coefficient (Wildman–Crippen LogP) is 21.4. The molecule has 5 heterocycles. The Labute approximate surface area is 523 Å². The molecule has 0 atom stereocenters. The van der Waals surface area contributed by atoms with Gasteiger partial charge in [-0.2, -0.15) is 0 Å². The summed E-state index contributed by atoms with van der Waals surface area (Å²) < 4.78 is 4.82. The van der Waals surface area contributed by atoms with Gasteiger partial charge in [-0.3, -0.25) is 9.97 Å². The largest absolute Gasteiger partial charge is 0.309 e. The minimum Gasteiger partial charge on any atom is -0.309 e. The quantitative estimate of drug-likeness (QED) is 0.108. The van der Waals surface area contributed by atoms with E-state index in [9.17, 15) is 0 Å². The Morgan fingerprint density at radius 1 is 0.311 bits per heavy atom. The van der Waals surface area contributed by atoms with Gasteiger partial charge in [-0.1, -0.05) is 125 Å². The summed E-state index contributed by atoms with van der Waals surface area (Å²) in [5.41, 5.74) is 25.4. The molecule has 0 fully saturated rings. The van der Waals surface area contributed by atoms with E-state index in [1.807, 2.05) is 48.8 Å². The molecule has 0 spiro atoms. The second-order valence-corrected chi connectivity index (χ2v) is 23.4. The van der Waals surface area contributed by atoms with Crippen molar-refractivity contribution in [2.45, 2.75) is 53.4 Å². The Morgan fingerprint density at radius 2 is 0.633 bits per heavy atom. The summed E-state index contributed by atoms with van der Waals surface area (Å²) in [5.74, 6) is 0. The molecule has 8 heteroatoms. The van der Waals surface area contributed by atoms with Crippen LogP contribution in [0.25, 0.3) is 110 Å². The highest BCUT2D eigenvalue weighted by Gasteiger charge is 2.23. The van der Waals surface area contributed by atoms with Crippen molar-refractivity contribution in [1.29, 1.82) is 0 Å². The third kappa shape index (κ3) is 9.30. The molecule has 0 aliphatic carbocycles. The normalized spacial score (nSPS) is 11.7. The molecule has 0 N–H and O–H groups in total. The van der Waals surface area contributed by atoms with E-state index in [2.05, 4.69) is 265 Å². The number of benzene rings is 11. The molecule has 0 saturated heterocycles. The van der Waals surface area contributed by atoms with Crippen molar-refractivity contribution in [3.05, 3.63) is 289 Å². The van der Waals surface area contributed by atoms with Crippen LogP contribution in [0.1, 0.15) is 49.9 Å². The van der Waals surface area contributed by atoms with Gasteiger partial charge in [-0.15, -0.1) is 0 Å². The van der Waals surface area contributed by atoms with Crippen LogP contribution in [0.15, 0.2) is 267 Å². The first-order valence-electron chi connectivity index (χ1n) is 31.5. The van der Waals surface area contributed by atoms with E-state index < -0.39 is 0 Å². The third-order valence-electron chi connectivity index (χ3n) is 18.2. The Hall–Kier alpha value is -11.2. The minimum absolute atomic E-state index is 0.798. The maximum absolute atomic E-state index is 5.41. The molecule has 0 aliphatic rings. The number of pyridine rings is 2. The first-order valence-corrected chi connectivity index (χ1v) is 31.5. The van der Waals surface area contributed by atoms with E-state index in [4.69, 9.17) is 19.9 Å². The van der Waals surface area contributed by atoms with Crippen LogP contribution in [0.4, 0.5) is 34.1 Å². The summed E-state index contributed by atoms with van der Waals surface area (Å²) in [7, 11) is 0. The number of aromatic nitrogens is 6. The maximum atomic E-state index is 5.41.